The Morgan fingerprint density at radius 1 is 1.04 bits per heavy atom. The molecule has 0 aromatic heterocycles. The SMILES string of the molecule is O=C(O)c1ccc(NC2CCCCC2)c(NCc2ccc(F)cc2)c1. The van der Waals surface area contributed by atoms with Crippen LogP contribution in [0.15, 0.2) is 42.5 Å². The maximum Gasteiger partial charge on any atom is 0.335 e. The third-order valence-corrected chi connectivity index (χ3v) is 4.63. The van der Waals surface area contributed by atoms with Gasteiger partial charge in [0.25, 0.3) is 0 Å². The van der Waals surface area contributed by atoms with Gasteiger partial charge in [0.15, 0.2) is 0 Å². The van der Waals surface area contributed by atoms with Gasteiger partial charge in [0.2, 0.25) is 0 Å². The van der Waals surface area contributed by atoms with Gasteiger partial charge in [0, 0.05) is 12.6 Å². The Balaban J connectivity index is 1.76. The Kier molecular flexibility index (Phi) is 5.53. The molecule has 3 N–H and O–H groups in total. The van der Waals surface area contributed by atoms with Gasteiger partial charge in [-0.15, -0.1) is 0 Å². The maximum absolute atomic E-state index is 13.0. The lowest BCUT2D eigenvalue weighted by Crippen LogP contribution is -2.23. The van der Waals surface area contributed by atoms with Gasteiger partial charge in [-0.1, -0.05) is 31.4 Å². The van der Waals surface area contributed by atoms with Crippen LogP contribution >= 0.6 is 0 Å². The third-order valence-electron chi connectivity index (χ3n) is 4.63. The van der Waals surface area contributed by atoms with Crippen LogP contribution in [0.2, 0.25) is 0 Å². The van der Waals surface area contributed by atoms with E-state index in [1.165, 1.54) is 31.4 Å². The van der Waals surface area contributed by atoms with E-state index >= 15 is 0 Å². The van der Waals surface area contributed by atoms with Gasteiger partial charge in [-0.05, 0) is 48.7 Å². The van der Waals surface area contributed by atoms with Crippen molar-refractivity contribution in [2.24, 2.45) is 0 Å². The molecule has 5 heteroatoms. The molecule has 4 nitrogen and oxygen atoms in total. The fourth-order valence-corrected chi connectivity index (χ4v) is 3.22. The Bertz CT molecular complexity index is 725. The van der Waals surface area contributed by atoms with Crippen LogP contribution in [-0.4, -0.2) is 17.1 Å². The smallest absolute Gasteiger partial charge is 0.335 e. The van der Waals surface area contributed by atoms with E-state index in [9.17, 15) is 14.3 Å². The predicted molar refractivity (Wildman–Crippen MR) is 97.6 cm³/mol. The van der Waals surface area contributed by atoms with Gasteiger partial charge in [-0.3, -0.25) is 0 Å². The summed E-state index contributed by atoms with van der Waals surface area (Å²) in [6, 6.07) is 11.8. The number of carbonyl (C=O) groups is 1. The number of carboxylic acids is 1. The molecule has 0 atom stereocenters. The quantitative estimate of drug-likeness (QED) is 0.700. The molecule has 1 aliphatic rings. The molecule has 0 saturated heterocycles. The molecule has 1 saturated carbocycles. The minimum atomic E-state index is -0.950. The molecule has 0 spiro atoms. The molecule has 1 aliphatic carbocycles. The number of carboxylic acid groups (broad SMARTS) is 1. The van der Waals surface area contributed by atoms with Crippen LogP contribution in [0.25, 0.3) is 0 Å². The Morgan fingerprint density at radius 2 is 1.76 bits per heavy atom. The van der Waals surface area contributed by atoms with Crippen molar-refractivity contribution in [1.82, 2.24) is 0 Å². The van der Waals surface area contributed by atoms with E-state index in [-0.39, 0.29) is 11.4 Å². The van der Waals surface area contributed by atoms with Gasteiger partial charge < -0.3 is 15.7 Å². The van der Waals surface area contributed by atoms with Crippen molar-refractivity contribution in [3.05, 3.63) is 59.4 Å². The highest BCUT2D eigenvalue weighted by atomic mass is 19.1. The van der Waals surface area contributed by atoms with Crippen LogP contribution in [0.1, 0.15) is 48.0 Å². The average Bonchev–Trinajstić information content (AvgIpc) is 2.63. The average molecular weight is 342 g/mol. The van der Waals surface area contributed by atoms with Crippen LogP contribution < -0.4 is 10.6 Å². The molecular weight excluding hydrogens is 319 g/mol. The Hall–Kier alpha value is -2.56. The minimum Gasteiger partial charge on any atom is -0.478 e. The first-order valence-corrected chi connectivity index (χ1v) is 8.74. The van der Waals surface area contributed by atoms with Gasteiger partial charge in [-0.25, -0.2) is 9.18 Å². The van der Waals surface area contributed by atoms with Crippen molar-refractivity contribution in [1.29, 1.82) is 0 Å². The number of hydrogen-bond acceptors (Lipinski definition) is 3. The molecule has 3 rings (SSSR count). The second kappa shape index (κ2) is 8.01. The second-order valence-electron chi connectivity index (χ2n) is 6.52. The predicted octanol–water partition coefficient (Wildman–Crippen LogP) is 4.88. The zero-order valence-corrected chi connectivity index (χ0v) is 14.1. The Morgan fingerprint density at radius 3 is 2.44 bits per heavy atom. The molecule has 2 aromatic rings. The molecule has 0 radical (unpaired) electrons. The highest BCUT2D eigenvalue weighted by molar-refractivity contribution is 5.90. The van der Waals surface area contributed by atoms with Crippen LogP contribution in [0.4, 0.5) is 15.8 Å². The summed E-state index contributed by atoms with van der Waals surface area (Å²) in [6.45, 7) is 0.503. The number of nitrogens with one attached hydrogen (secondary N) is 2. The molecule has 2 aromatic carbocycles. The fraction of sp³-hybridized carbons (Fsp3) is 0.350. The summed E-state index contributed by atoms with van der Waals surface area (Å²) in [5.74, 6) is -1.22. The van der Waals surface area contributed by atoms with Crippen LogP contribution in [-0.2, 0) is 6.54 Å². The summed E-state index contributed by atoms with van der Waals surface area (Å²) in [4.78, 5) is 11.3. The summed E-state index contributed by atoms with van der Waals surface area (Å²) >= 11 is 0. The largest absolute Gasteiger partial charge is 0.478 e. The molecule has 0 amide bonds. The number of hydrogen-bond donors (Lipinski definition) is 3. The highest BCUT2D eigenvalue weighted by Crippen LogP contribution is 2.28. The third kappa shape index (κ3) is 4.72. The van der Waals surface area contributed by atoms with Crippen LogP contribution in [0.5, 0.6) is 0 Å². The zero-order chi connectivity index (χ0) is 17.6. The lowest BCUT2D eigenvalue weighted by molar-refractivity contribution is 0.0697. The summed E-state index contributed by atoms with van der Waals surface area (Å²) in [6.07, 6.45) is 6.01. The molecule has 132 valence electrons. The lowest BCUT2D eigenvalue weighted by atomic mass is 9.95. The van der Waals surface area contributed by atoms with Crippen molar-refractivity contribution in [2.75, 3.05) is 10.6 Å². The monoisotopic (exact) mass is 342 g/mol. The number of aromatic carboxylic acids is 1. The maximum atomic E-state index is 13.0. The number of anilines is 2. The molecule has 25 heavy (non-hydrogen) atoms. The van der Waals surface area contributed by atoms with Gasteiger partial charge in [0.05, 0.1) is 16.9 Å². The minimum absolute atomic E-state index is 0.246. The van der Waals surface area contributed by atoms with Crippen molar-refractivity contribution < 1.29 is 14.3 Å². The van der Waals surface area contributed by atoms with Crippen molar-refractivity contribution in [3.63, 3.8) is 0 Å². The van der Waals surface area contributed by atoms with Crippen LogP contribution in [0.3, 0.4) is 0 Å². The van der Waals surface area contributed by atoms with E-state index in [4.69, 9.17) is 0 Å². The van der Waals surface area contributed by atoms with E-state index in [1.807, 2.05) is 6.07 Å². The second-order valence-corrected chi connectivity index (χ2v) is 6.52. The molecular formula is C20H23FN2O2. The van der Waals surface area contributed by atoms with Crippen molar-refractivity contribution >= 4 is 17.3 Å². The summed E-state index contributed by atoms with van der Waals surface area (Å²) in [5.41, 5.74) is 2.86. The standard InChI is InChI=1S/C20H23FN2O2/c21-16-9-6-14(7-10-16)13-22-19-12-15(20(24)25)8-11-18(19)23-17-4-2-1-3-5-17/h6-12,17,22-23H,1-5,13H2,(H,24,25). The van der Waals surface area contributed by atoms with E-state index in [1.54, 1.807) is 24.3 Å². The molecule has 1 fully saturated rings. The summed E-state index contributed by atoms with van der Waals surface area (Å²) in [7, 11) is 0. The van der Waals surface area contributed by atoms with Gasteiger partial charge in [0.1, 0.15) is 5.82 Å². The highest BCUT2D eigenvalue weighted by Gasteiger charge is 2.15. The lowest BCUT2D eigenvalue weighted by Gasteiger charge is -2.25. The number of halogens is 1. The zero-order valence-electron chi connectivity index (χ0n) is 14.1. The van der Waals surface area contributed by atoms with E-state index in [0.29, 0.717) is 12.6 Å². The summed E-state index contributed by atoms with van der Waals surface area (Å²) in [5, 5.41) is 16.1. The van der Waals surface area contributed by atoms with E-state index in [2.05, 4.69) is 10.6 Å². The first-order chi connectivity index (χ1) is 12.1. The first kappa shape index (κ1) is 17.3. The first-order valence-electron chi connectivity index (χ1n) is 8.74. The topological polar surface area (TPSA) is 61.4 Å². The number of benzene rings is 2. The number of rotatable bonds is 6. The molecule has 0 bridgehead atoms. The Labute approximate surface area is 147 Å². The molecule has 0 unspecified atom stereocenters. The molecule has 0 heterocycles. The van der Waals surface area contributed by atoms with E-state index < -0.39 is 5.97 Å². The van der Waals surface area contributed by atoms with Crippen molar-refractivity contribution in [2.45, 2.75) is 44.7 Å². The normalized spacial score (nSPS) is 14.9. The van der Waals surface area contributed by atoms with E-state index in [0.717, 1.165) is 29.8 Å². The van der Waals surface area contributed by atoms with Crippen molar-refractivity contribution in [3.8, 4) is 0 Å². The summed E-state index contributed by atoms with van der Waals surface area (Å²) < 4.78 is 13.0. The molecule has 0 aliphatic heterocycles. The van der Waals surface area contributed by atoms with Crippen LogP contribution in [0, 0.1) is 5.82 Å². The van der Waals surface area contributed by atoms with Gasteiger partial charge >= 0.3 is 5.97 Å². The fourth-order valence-electron chi connectivity index (χ4n) is 3.22. The van der Waals surface area contributed by atoms with Gasteiger partial charge in [-0.2, -0.15) is 0 Å².